The minimum absolute atomic E-state index is 0.00676. The Morgan fingerprint density at radius 3 is 2.90 bits per heavy atom. The van der Waals surface area contributed by atoms with Gasteiger partial charge in [-0.3, -0.25) is 4.79 Å². The quantitative estimate of drug-likeness (QED) is 0.847. The molecule has 1 aromatic carbocycles. The van der Waals surface area contributed by atoms with Crippen molar-refractivity contribution in [2.75, 3.05) is 25.0 Å². The average Bonchev–Trinajstić information content (AvgIpc) is 2.88. The summed E-state index contributed by atoms with van der Waals surface area (Å²) in [6, 6.07) is 5.91. The number of ether oxygens (including phenoxy) is 1. The van der Waals surface area contributed by atoms with Crippen molar-refractivity contribution in [1.82, 2.24) is 5.32 Å². The van der Waals surface area contributed by atoms with Crippen LogP contribution in [0.4, 0.5) is 5.69 Å². The maximum atomic E-state index is 12.4. The van der Waals surface area contributed by atoms with Gasteiger partial charge in [-0.2, -0.15) is 0 Å². The molecule has 116 valence electrons. The van der Waals surface area contributed by atoms with E-state index in [2.05, 4.69) is 24.5 Å². The van der Waals surface area contributed by atoms with E-state index in [1.165, 1.54) is 0 Å². The summed E-state index contributed by atoms with van der Waals surface area (Å²) >= 11 is 0. The molecular weight excluding hydrogens is 264 g/mol. The molecule has 4 nitrogen and oxygen atoms in total. The molecule has 21 heavy (non-hydrogen) atoms. The zero-order valence-electron chi connectivity index (χ0n) is 13.2. The van der Waals surface area contributed by atoms with Gasteiger partial charge in [0.15, 0.2) is 0 Å². The van der Waals surface area contributed by atoms with Gasteiger partial charge in [0.1, 0.15) is 0 Å². The highest BCUT2D eigenvalue weighted by Crippen LogP contribution is 2.21. The fourth-order valence-corrected chi connectivity index (χ4v) is 2.63. The molecule has 1 heterocycles. The number of rotatable bonds is 6. The monoisotopic (exact) mass is 290 g/mol. The Kier molecular flexibility index (Phi) is 5.62. The summed E-state index contributed by atoms with van der Waals surface area (Å²) in [5.41, 5.74) is 2.80. The molecule has 0 aromatic heterocycles. The summed E-state index contributed by atoms with van der Waals surface area (Å²) in [6.45, 7) is 8.58. The van der Waals surface area contributed by atoms with Crippen LogP contribution in [0.1, 0.15) is 42.6 Å². The van der Waals surface area contributed by atoms with Crippen LogP contribution in [0.5, 0.6) is 0 Å². The van der Waals surface area contributed by atoms with E-state index >= 15 is 0 Å². The molecule has 2 unspecified atom stereocenters. The third-order valence-electron chi connectivity index (χ3n) is 4.04. The second-order valence-electron chi connectivity index (χ2n) is 5.81. The fourth-order valence-electron chi connectivity index (χ4n) is 2.63. The van der Waals surface area contributed by atoms with E-state index in [1.807, 2.05) is 25.1 Å². The summed E-state index contributed by atoms with van der Waals surface area (Å²) < 4.78 is 5.53. The van der Waals surface area contributed by atoms with Gasteiger partial charge in [-0.15, -0.1) is 0 Å². The fraction of sp³-hybridized carbons (Fsp3) is 0.588. The normalized spacial score (nSPS) is 21.3. The number of benzene rings is 1. The number of nitrogens with one attached hydrogen (secondary N) is 2. The molecule has 1 saturated heterocycles. The first-order valence-electron chi connectivity index (χ1n) is 7.86. The lowest BCUT2D eigenvalue weighted by atomic mass is 10.0. The van der Waals surface area contributed by atoms with Crippen molar-refractivity contribution in [1.29, 1.82) is 0 Å². The molecule has 0 bridgehead atoms. The van der Waals surface area contributed by atoms with E-state index in [-0.39, 0.29) is 12.0 Å². The minimum Gasteiger partial charge on any atom is -0.384 e. The molecule has 1 amide bonds. The maximum absolute atomic E-state index is 12.4. The van der Waals surface area contributed by atoms with Gasteiger partial charge in [-0.05, 0) is 44.4 Å². The van der Waals surface area contributed by atoms with Crippen molar-refractivity contribution in [2.24, 2.45) is 5.92 Å². The van der Waals surface area contributed by atoms with Crippen LogP contribution < -0.4 is 10.6 Å². The van der Waals surface area contributed by atoms with Crippen LogP contribution in [0.2, 0.25) is 0 Å². The number of carbonyl (C=O) groups is 1. The van der Waals surface area contributed by atoms with Gasteiger partial charge in [0.05, 0.1) is 11.7 Å². The Morgan fingerprint density at radius 2 is 2.24 bits per heavy atom. The molecule has 0 aliphatic carbocycles. The van der Waals surface area contributed by atoms with Crippen LogP contribution in [0, 0.1) is 12.8 Å². The van der Waals surface area contributed by atoms with E-state index in [4.69, 9.17) is 4.74 Å². The van der Waals surface area contributed by atoms with Gasteiger partial charge in [-0.25, -0.2) is 0 Å². The first-order valence-corrected chi connectivity index (χ1v) is 7.86. The average molecular weight is 290 g/mol. The number of hydrogen-bond donors (Lipinski definition) is 2. The van der Waals surface area contributed by atoms with Crippen LogP contribution in [-0.2, 0) is 4.74 Å². The minimum atomic E-state index is -0.00676. The number of anilines is 1. The van der Waals surface area contributed by atoms with Crippen molar-refractivity contribution in [3.8, 4) is 0 Å². The molecule has 1 aliphatic rings. The molecule has 0 saturated carbocycles. The lowest BCUT2D eigenvalue weighted by Gasteiger charge is -2.16. The summed E-state index contributed by atoms with van der Waals surface area (Å²) in [7, 11) is 0. The Labute approximate surface area is 127 Å². The zero-order valence-corrected chi connectivity index (χ0v) is 13.2. The molecule has 2 N–H and O–H groups in total. The molecule has 1 fully saturated rings. The van der Waals surface area contributed by atoms with Crippen molar-refractivity contribution in [3.63, 3.8) is 0 Å². The molecule has 1 aliphatic heterocycles. The maximum Gasteiger partial charge on any atom is 0.253 e. The lowest BCUT2D eigenvalue weighted by molar-refractivity contribution is 0.0908. The van der Waals surface area contributed by atoms with Gasteiger partial charge < -0.3 is 15.4 Å². The Hall–Kier alpha value is -1.55. The van der Waals surface area contributed by atoms with Gasteiger partial charge >= 0.3 is 0 Å². The summed E-state index contributed by atoms with van der Waals surface area (Å²) in [5.74, 6) is 0.416. The molecular formula is C17H26N2O2. The number of aryl methyl sites for hydroxylation is 1. The molecule has 2 rings (SSSR count). The lowest BCUT2D eigenvalue weighted by Crippen LogP contribution is -2.32. The van der Waals surface area contributed by atoms with Crippen molar-refractivity contribution in [2.45, 2.75) is 39.7 Å². The van der Waals surface area contributed by atoms with Crippen molar-refractivity contribution in [3.05, 3.63) is 29.3 Å². The van der Waals surface area contributed by atoms with Crippen LogP contribution in [0.3, 0.4) is 0 Å². The van der Waals surface area contributed by atoms with E-state index < -0.39 is 0 Å². The van der Waals surface area contributed by atoms with E-state index in [1.54, 1.807) is 0 Å². The number of amides is 1. The summed E-state index contributed by atoms with van der Waals surface area (Å²) in [5, 5.41) is 6.38. The third kappa shape index (κ3) is 4.21. The molecule has 1 aromatic rings. The largest absolute Gasteiger partial charge is 0.384 e. The summed E-state index contributed by atoms with van der Waals surface area (Å²) in [4.78, 5) is 12.4. The number of carbonyl (C=O) groups excluding carboxylic acids is 1. The highest BCUT2D eigenvalue weighted by molar-refractivity contribution is 5.99. The van der Waals surface area contributed by atoms with Gasteiger partial charge in [0.25, 0.3) is 5.91 Å². The van der Waals surface area contributed by atoms with Gasteiger partial charge in [-0.1, -0.05) is 13.0 Å². The predicted octanol–water partition coefficient (Wildman–Crippen LogP) is 2.97. The van der Waals surface area contributed by atoms with Crippen LogP contribution in [0.25, 0.3) is 0 Å². The van der Waals surface area contributed by atoms with Crippen molar-refractivity contribution >= 4 is 11.6 Å². The smallest absolute Gasteiger partial charge is 0.253 e. The summed E-state index contributed by atoms with van der Waals surface area (Å²) in [6.07, 6.45) is 2.29. The molecule has 4 heteroatoms. The Bertz CT molecular complexity index is 488. The Balaban J connectivity index is 2.00. The Morgan fingerprint density at radius 1 is 1.43 bits per heavy atom. The van der Waals surface area contributed by atoms with E-state index in [9.17, 15) is 4.79 Å². The first-order chi connectivity index (χ1) is 10.1. The topological polar surface area (TPSA) is 50.4 Å². The van der Waals surface area contributed by atoms with Crippen LogP contribution in [0.15, 0.2) is 18.2 Å². The number of hydrogen-bond acceptors (Lipinski definition) is 3. The van der Waals surface area contributed by atoms with Crippen LogP contribution in [-0.4, -0.2) is 31.7 Å². The van der Waals surface area contributed by atoms with Crippen LogP contribution >= 0.6 is 0 Å². The van der Waals surface area contributed by atoms with Gasteiger partial charge in [0.2, 0.25) is 0 Å². The molecule has 2 atom stereocenters. The second-order valence-corrected chi connectivity index (χ2v) is 5.81. The standard InChI is InChI=1S/C17H26N2O2/c1-4-8-18-16-10-12(2)5-6-15(16)17(20)19-11-14-7-9-21-13(14)3/h5-6,10,13-14,18H,4,7-9,11H2,1-3H3,(H,19,20). The zero-order chi connectivity index (χ0) is 15.2. The molecule has 0 spiro atoms. The highest BCUT2D eigenvalue weighted by atomic mass is 16.5. The predicted molar refractivity (Wildman–Crippen MR) is 85.8 cm³/mol. The molecule has 0 radical (unpaired) electrons. The third-order valence-corrected chi connectivity index (χ3v) is 4.04. The van der Waals surface area contributed by atoms with E-state index in [0.717, 1.165) is 42.8 Å². The van der Waals surface area contributed by atoms with E-state index in [0.29, 0.717) is 12.5 Å². The first kappa shape index (κ1) is 15.8. The van der Waals surface area contributed by atoms with Gasteiger partial charge in [0, 0.05) is 31.3 Å². The SMILES string of the molecule is CCCNc1cc(C)ccc1C(=O)NCC1CCOC1C. The second kappa shape index (κ2) is 7.46. The highest BCUT2D eigenvalue weighted by Gasteiger charge is 2.24. The van der Waals surface area contributed by atoms with Crippen molar-refractivity contribution < 1.29 is 9.53 Å².